The number of hydrogen-bond donors (Lipinski definition) is 1. The molecule has 88 valence electrons. The number of aromatic nitrogens is 1. The van der Waals surface area contributed by atoms with Gasteiger partial charge in [0.05, 0.1) is 15.7 Å². The normalized spacial score (nSPS) is 10.4. The molecule has 0 amide bonds. The minimum atomic E-state index is 0.512. The highest BCUT2D eigenvalue weighted by molar-refractivity contribution is 9.10. The lowest BCUT2D eigenvalue weighted by molar-refractivity contribution is 1.29. The molecule has 0 aliphatic rings. The van der Waals surface area contributed by atoms with Crippen LogP contribution in [0.15, 0.2) is 34.8 Å². The minimum absolute atomic E-state index is 0.512. The second-order valence-electron chi connectivity index (χ2n) is 3.41. The van der Waals surface area contributed by atoms with Crippen molar-refractivity contribution in [2.45, 2.75) is 0 Å². The predicted octanol–water partition coefficient (Wildman–Crippen LogP) is 4.86. The van der Waals surface area contributed by atoms with Crippen LogP contribution in [0.5, 0.6) is 0 Å². The SMILES string of the molecule is CNc1nc(-c2ccc(Br)cc2)c(Cl)cc1Cl. The summed E-state index contributed by atoms with van der Waals surface area (Å²) in [5.41, 5.74) is 1.67. The Kier molecular flexibility index (Phi) is 3.92. The topological polar surface area (TPSA) is 24.9 Å². The third-order valence-corrected chi connectivity index (χ3v) is 3.39. The summed E-state index contributed by atoms with van der Waals surface area (Å²) in [5.74, 6) is 0.619. The Hall–Kier alpha value is -0.770. The molecule has 0 spiro atoms. The number of benzene rings is 1. The molecule has 1 heterocycles. The van der Waals surface area contributed by atoms with Crippen LogP contribution in [-0.4, -0.2) is 12.0 Å². The molecule has 1 N–H and O–H groups in total. The maximum atomic E-state index is 6.15. The van der Waals surface area contributed by atoms with Crippen molar-refractivity contribution in [3.8, 4) is 11.3 Å². The molecule has 0 aliphatic carbocycles. The first-order valence-corrected chi connectivity index (χ1v) is 6.46. The first kappa shape index (κ1) is 12.7. The van der Waals surface area contributed by atoms with Crippen molar-refractivity contribution in [2.75, 3.05) is 12.4 Å². The number of pyridine rings is 1. The molecular weight excluding hydrogens is 323 g/mol. The van der Waals surface area contributed by atoms with Crippen LogP contribution in [0.3, 0.4) is 0 Å². The van der Waals surface area contributed by atoms with Gasteiger partial charge in [-0.1, -0.05) is 51.3 Å². The fourth-order valence-electron chi connectivity index (χ4n) is 1.45. The Morgan fingerprint density at radius 3 is 2.35 bits per heavy atom. The average Bonchev–Trinajstić information content (AvgIpc) is 2.31. The number of nitrogens with one attached hydrogen (secondary N) is 1. The van der Waals surface area contributed by atoms with Gasteiger partial charge in [-0.15, -0.1) is 0 Å². The Morgan fingerprint density at radius 2 is 1.76 bits per heavy atom. The lowest BCUT2D eigenvalue weighted by Crippen LogP contribution is -1.96. The van der Waals surface area contributed by atoms with E-state index >= 15 is 0 Å². The third kappa shape index (κ3) is 2.73. The van der Waals surface area contributed by atoms with Crippen LogP contribution in [0.1, 0.15) is 0 Å². The number of anilines is 1. The molecule has 0 radical (unpaired) electrons. The van der Waals surface area contributed by atoms with Gasteiger partial charge in [0.1, 0.15) is 5.82 Å². The molecule has 0 fully saturated rings. The predicted molar refractivity (Wildman–Crippen MR) is 76.9 cm³/mol. The number of rotatable bonds is 2. The summed E-state index contributed by atoms with van der Waals surface area (Å²) in [7, 11) is 1.77. The van der Waals surface area contributed by atoms with Gasteiger partial charge in [0.15, 0.2) is 0 Å². The van der Waals surface area contributed by atoms with Crippen LogP contribution in [-0.2, 0) is 0 Å². The first-order chi connectivity index (χ1) is 8.11. The smallest absolute Gasteiger partial charge is 0.145 e. The van der Waals surface area contributed by atoms with Gasteiger partial charge in [-0.3, -0.25) is 0 Å². The van der Waals surface area contributed by atoms with Gasteiger partial charge in [-0.25, -0.2) is 4.98 Å². The summed E-state index contributed by atoms with van der Waals surface area (Å²) in [6, 6.07) is 9.48. The molecule has 0 unspecified atom stereocenters. The highest BCUT2D eigenvalue weighted by atomic mass is 79.9. The van der Waals surface area contributed by atoms with E-state index in [9.17, 15) is 0 Å². The summed E-state index contributed by atoms with van der Waals surface area (Å²) in [5, 5.41) is 3.98. The van der Waals surface area contributed by atoms with E-state index in [2.05, 4.69) is 26.2 Å². The van der Waals surface area contributed by atoms with E-state index in [0.717, 1.165) is 10.0 Å². The van der Waals surface area contributed by atoms with Crippen LogP contribution in [0.25, 0.3) is 11.3 Å². The molecule has 2 nitrogen and oxygen atoms in total. The Labute approximate surface area is 118 Å². The van der Waals surface area contributed by atoms with Crippen LogP contribution < -0.4 is 5.32 Å². The number of nitrogens with zero attached hydrogens (tertiary/aromatic N) is 1. The maximum Gasteiger partial charge on any atom is 0.145 e. The van der Waals surface area contributed by atoms with Gasteiger partial charge in [0, 0.05) is 17.1 Å². The highest BCUT2D eigenvalue weighted by Crippen LogP contribution is 2.32. The fraction of sp³-hybridized carbons (Fsp3) is 0.0833. The van der Waals surface area contributed by atoms with Crippen molar-refractivity contribution in [3.63, 3.8) is 0 Å². The Balaban J connectivity index is 2.55. The summed E-state index contributed by atoms with van der Waals surface area (Å²) < 4.78 is 1.01. The zero-order valence-corrected chi connectivity index (χ0v) is 12.1. The largest absolute Gasteiger partial charge is 0.372 e. The van der Waals surface area contributed by atoms with Crippen molar-refractivity contribution in [2.24, 2.45) is 0 Å². The molecule has 0 aliphatic heterocycles. The van der Waals surface area contributed by atoms with Gasteiger partial charge in [0.2, 0.25) is 0 Å². The second kappa shape index (κ2) is 5.25. The zero-order valence-electron chi connectivity index (χ0n) is 8.97. The average molecular weight is 332 g/mol. The highest BCUT2D eigenvalue weighted by Gasteiger charge is 2.10. The standard InChI is InChI=1S/C12H9BrCl2N2/c1-16-12-10(15)6-9(14)11(17-12)7-2-4-8(13)5-3-7/h2-6H,1H3,(H,16,17). The van der Waals surface area contributed by atoms with Gasteiger partial charge in [0.25, 0.3) is 0 Å². The van der Waals surface area contributed by atoms with Crippen molar-refractivity contribution < 1.29 is 0 Å². The van der Waals surface area contributed by atoms with Crippen molar-refractivity contribution in [1.29, 1.82) is 0 Å². The molecule has 17 heavy (non-hydrogen) atoms. The molecule has 0 saturated carbocycles. The fourth-order valence-corrected chi connectivity index (χ4v) is 2.28. The summed E-state index contributed by atoms with van der Waals surface area (Å²) >= 11 is 15.5. The molecule has 1 aromatic carbocycles. The summed E-state index contributed by atoms with van der Waals surface area (Å²) in [6.45, 7) is 0. The van der Waals surface area contributed by atoms with Gasteiger partial charge in [-0.2, -0.15) is 0 Å². The Bertz CT molecular complexity index is 541. The van der Waals surface area contributed by atoms with Crippen molar-refractivity contribution in [3.05, 3.63) is 44.8 Å². The molecule has 2 rings (SSSR count). The van der Waals surface area contributed by atoms with Crippen LogP contribution in [0.4, 0.5) is 5.82 Å². The van der Waals surface area contributed by atoms with E-state index in [4.69, 9.17) is 23.2 Å². The van der Waals surface area contributed by atoms with Crippen LogP contribution in [0, 0.1) is 0 Å². The molecule has 0 saturated heterocycles. The summed E-state index contributed by atoms with van der Waals surface area (Å²) in [6.07, 6.45) is 0. The molecule has 2 aromatic rings. The van der Waals surface area contributed by atoms with Crippen molar-refractivity contribution in [1.82, 2.24) is 4.98 Å². The number of hydrogen-bond acceptors (Lipinski definition) is 2. The van der Waals surface area contributed by atoms with E-state index in [-0.39, 0.29) is 0 Å². The quantitative estimate of drug-likeness (QED) is 0.850. The molecular formula is C12H9BrCl2N2. The molecule has 1 aromatic heterocycles. The minimum Gasteiger partial charge on any atom is -0.372 e. The van der Waals surface area contributed by atoms with E-state index in [1.165, 1.54) is 0 Å². The molecule has 0 bridgehead atoms. The first-order valence-electron chi connectivity index (χ1n) is 4.91. The van der Waals surface area contributed by atoms with Gasteiger partial charge < -0.3 is 5.32 Å². The zero-order chi connectivity index (χ0) is 12.4. The Morgan fingerprint density at radius 1 is 1.12 bits per heavy atom. The molecule has 0 atom stereocenters. The van der Waals surface area contributed by atoms with E-state index in [0.29, 0.717) is 21.6 Å². The summed E-state index contributed by atoms with van der Waals surface area (Å²) in [4.78, 5) is 4.40. The van der Waals surface area contributed by atoms with Gasteiger partial charge in [-0.05, 0) is 18.2 Å². The second-order valence-corrected chi connectivity index (χ2v) is 5.14. The van der Waals surface area contributed by atoms with Gasteiger partial charge >= 0.3 is 0 Å². The van der Waals surface area contributed by atoms with E-state index < -0.39 is 0 Å². The monoisotopic (exact) mass is 330 g/mol. The lowest BCUT2D eigenvalue weighted by atomic mass is 10.1. The van der Waals surface area contributed by atoms with Crippen LogP contribution in [0.2, 0.25) is 10.0 Å². The molecule has 5 heteroatoms. The van der Waals surface area contributed by atoms with E-state index in [1.54, 1.807) is 13.1 Å². The van der Waals surface area contributed by atoms with Crippen molar-refractivity contribution >= 4 is 44.9 Å². The maximum absolute atomic E-state index is 6.15. The van der Waals surface area contributed by atoms with Crippen LogP contribution >= 0.6 is 39.1 Å². The van der Waals surface area contributed by atoms with E-state index in [1.807, 2.05) is 24.3 Å². The third-order valence-electron chi connectivity index (χ3n) is 2.28. The number of halogens is 3. The lowest BCUT2D eigenvalue weighted by Gasteiger charge is -2.08.